The molecule has 0 aliphatic carbocycles. The summed E-state index contributed by atoms with van der Waals surface area (Å²) in [4.78, 5) is 12.4. The van der Waals surface area contributed by atoms with Crippen LogP contribution in [0.3, 0.4) is 0 Å². The van der Waals surface area contributed by atoms with Crippen LogP contribution in [0.1, 0.15) is 17.3 Å². The first kappa shape index (κ1) is 17.9. The minimum Gasteiger partial charge on any atom is -0.295 e. The highest BCUT2D eigenvalue weighted by atomic mass is 32.2. The first-order chi connectivity index (χ1) is 10.6. The number of carbonyl (C=O) groups excluding carboxylic acids is 1. The lowest BCUT2D eigenvalue weighted by Gasteiger charge is -2.34. The number of hydrogen-bond acceptors (Lipinski definition) is 4. The van der Waals surface area contributed by atoms with E-state index in [2.05, 4.69) is 0 Å². The third-order valence-corrected chi connectivity index (χ3v) is 5.55. The number of rotatable bonds is 4. The fourth-order valence-electron chi connectivity index (χ4n) is 2.39. The summed E-state index contributed by atoms with van der Waals surface area (Å²) < 4.78 is 63.1. The topological polar surface area (TPSA) is 57.7 Å². The van der Waals surface area contributed by atoms with E-state index in [0.29, 0.717) is 5.56 Å². The molecule has 0 radical (unpaired) electrons. The van der Waals surface area contributed by atoms with Crippen LogP contribution in [0, 0.1) is 0 Å². The summed E-state index contributed by atoms with van der Waals surface area (Å²) in [6.07, 6.45) is -4.29. The number of sulfonamides is 1. The Labute approximate surface area is 132 Å². The molecule has 1 aromatic rings. The monoisotopic (exact) mass is 350 g/mol. The van der Waals surface area contributed by atoms with Crippen LogP contribution in [0.5, 0.6) is 0 Å². The molecule has 0 amide bonds. The van der Waals surface area contributed by atoms with Crippen molar-refractivity contribution in [3.05, 3.63) is 29.8 Å². The molecule has 1 saturated heterocycles. The SMILES string of the molecule is CC(=O)c1ccc(S(=O)(=O)N2CCN(CC(F)(F)F)CC2)cc1. The van der Waals surface area contributed by atoms with E-state index < -0.39 is 22.7 Å². The second-order valence-corrected chi connectivity index (χ2v) is 7.31. The van der Waals surface area contributed by atoms with Crippen molar-refractivity contribution in [3.8, 4) is 0 Å². The molecule has 9 heteroatoms. The number of alkyl halides is 3. The highest BCUT2D eigenvalue weighted by molar-refractivity contribution is 7.89. The lowest BCUT2D eigenvalue weighted by atomic mass is 10.2. The summed E-state index contributed by atoms with van der Waals surface area (Å²) in [5.74, 6) is -0.172. The van der Waals surface area contributed by atoms with Crippen LogP contribution in [0.2, 0.25) is 0 Å². The van der Waals surface area contributed by atoms with Gasteiger partial charge < -0.3 is 0 Å². The van der Waals surface area contributed by atoms with Crippen LogP contribution in [0.25, 0.3) is 0 Å². The lowest BCUT2D eigenvalue weighted by molar-refractivity contribution is -0.148. The van der Waals surface area contributed by atoms with Crippen molar-refractivity contribution < 1.29 is 26.4 Å². The molecular formula is C14H17F3N2O3S. The number of ketones is 1. The van der Waals surface area contributed by atoms with Crippen LogP contribution in [-0.2, 0) is 10.0 Å². The Balaban J connectivity index is 2.05. The van der Waals surface area contributed by atoms with Crippen LogP contribution in [0.4, 0.5) is 13.2 Å². The van der Waals surface area contributed by atoms with Crippen molar-refractivity contribution in [2.45, 2.75) is 18.0 Å². The molecule has 0 aromatic heterocycles. The van der Waals surface area contributed by atoms with E-state index in [1.54, 1.807) is 0 Å². The van der Waals surface area contributed by atoms with Gasteiger partial charge in [0.15, 0.2) is 5.78 Å². The minimum atomic E-state index is -4.29. The van der Waals surface area contributed by atoms with Crippen LogP contribution < -0.4 is 0 Å². The number of piperazine rings is 1. The molecule has 0 N–H and O–H groups in total. The van der Waals surface area contributed by atoms with Gasteiger partial charge in [-0.15, -0.1) is 0 Å². The largest absolute Gasteiger partial charge is 0.401 e. The molecule has 1 aliphatic rings. The van der Waals surface area contributed by atoms with Crippen LogP contribution in [-0.4, -0.2) is 62.3 Å². The number of carbonyl (C=O) groups is 1. The zero-order valence-electron chi connectivity index (χ0n) is 12.5. The zero-order valence-corrected chi connectivity index (χ0v) is 13.3. The Morgan fingerprint density at radius 3 is 2.04 bits per heavy atom. The Bertz CT molecular complexity index is 664. The molecule has 0 saturated carbocycles. The average Bonchev–Trinajstić information content (AvgIpc) is 2.46. The van der Waals surface area contributed by atoms with E-state index in [1.165, 1.54) is 40.4 Å². The molecule has 0 unspecified atom stereocenters. The van der Waals surface area contributed by atoms with Crippen molar-refractivity contribution in [2.24, 2.45) is 0 Å². The Morgan fingerprint density at radius 1 is 1.09 bits per heavy atom. The smallest absolute Gasteiger partial charge is 0.295 e. The van der Waals surface area contributed by atoms with Gasteiger partial charge in [0.05, 0.1) is 11.4 Å². The molecule has 5 nitrogen and oxygen atoms in total. The third kappa shape index (κ3) is 4.52. The van der Waals surface area contributed by atoms with Gasteiger partial charge in [-0.2, -0.15) is 17.5 Å². The molecule has 1 aromatic carbocycles. The van der Waals surface area contributed by atoms with Crippen molar-refractivity contribution >= 4 is 15.8 Å². The summed E-state index contributed by atoms with van der Waals surface area (Å²) in [6.45, 7) is 0.422. The van der Waals surface area contributed by atoms with Gasteiger partial charge in [-0.25, -0.2) is 8.42 Å². The van der Waals surface area contributed by atoms with Crippen molar-refractivity contribution in [2.75, 3.05) is 32.7 Å². The second-order valence-electron chi connectivity index (χ2n) is 5.38. The lowest BCUT2D eigenvalue weighted by Crippen LogP contribution is -2.50. The molecule has 0 spiro atoms. The zero-order chi connectivity index (χ0) is 17.3. The van der Waals surface area contributed by atoms with E-state index in [1.807, 2.05) is 0 Å². The van der Waals surface area contributed by atoms with E-state index in [9.17, 15) is 26.4 Å². The number of Topliss-reactive ketones (excluding diaryl/α,β-unsaturated/α-hetero) is 1. The summed E-state index contributed by atoms with van der Waals surface area (Å²) >= 11 is 0. The van der Waals surface area contributed by atoms with Gasteiger partial charge >= 0.3 is 6.18 Å². The number of nitrogens with zero attached hydrogens (tertiary/aromatic N) is 2. The quantitative estimate of drug-likeness (QED) is 0.777. The van der Waals surface area contributed by atoms with Crippen LogP contribution in [0.15, 0.2) is 29.2 Å². The van der Waals surface area contributed by atoms with Gasteiger partial charge in [-0.3, -0.25) is 9.69 Å². The second kappa shape index (κ2) is 6.58. The first-order valence-electron chi connectivity index (χ1n) is 7.00. The molecule has 0 atom stereocenters. The predicted octanol–water partition coefficient (Wildman–Crippen LogP) is 1.76. The normalized spacial score (nSPS) is 18.1. The third-order valence-electron chi connectivity index (χ3n) is 3.63. The first-order valence-corrected chi connectivity index (χ1v) is 8.44. The highest BCUT2D eigenvalue weighted by Crippen LogP contribution is 2.21. The van der Waals surface area contributed by atoms with Gasteiger partial charge in [0.25, 0.3) is 0 Å². The summed E-state index contributed by atoms with van der Waals surface area (Å²) in [7, 11) is -3.76. The molecule has 128 valence electrons. The van der Waals surface area contributed by atoms with Crippen LogP contribution >= 0.6 is 0 Å². The summed E-state index contributed by atoms with van der Waals surface area (Å²) in [6, 6.07) is 5.53. The minimum absolute atomic E-state index is 0.00682. The maximum atomic E-state index is 12.5. The van der Waals surface area contributed by atoms with E-state index in [-0.39, 0.29) is 36.9 Å². The molecule has 0 bridgehead atoms. The van der Waals surface area contributed by atoms with Crippen molar-refractivity contribution in [1.82, 2.24) is 9.21 Å². The number of halogens is 3. The Morgan fingerprint density at radius 2 is 1.61 bits per heavy atom. The van der Waals surface area contributed by atoms with Crippen molar-refractivity contribution in [3.63, 3.8) is 0 Å². The van der Waals surface area contributed by atoms with Gasteiger partial charge in [0.1, 0.15) is 0 Å². The Kier molecular flexibility index (Phi) is 5.12. The van der Waals surface area contributed by atoms with Gasteiger partial charge in [-0.05, 0) is 19.1 Å². The maximum absolute atomic E-state index is 12.5. The summed E-state index contributed by atoms with van der Waals surface area (Å²) in [5, 5.41) is 0. The molecule has 23 heavy (non-hydrogen) atoms. The van der Waals surface area contributed by atoms with Gasteiger partial charge in [0, 0.05) is 31.7 Å². The van der Waals surface area contributed by atoms with E-state index in [4.69, 9.17) is 0 Å². The highest BCUT2D eigenvalue weighted by Gasteiger charge is 2.34. The van der Waals surface area contributed by atoms with E-state index >= 15 is 0 Å². The fraction of sp³-hybridized carbons (Fsp3) is 0.500. The molecular weight excluding hydrogens is 333 g/mol. The fourth-order valence-corrected chi connectivity index (χ4v) is 3.81. The predicted molar refractivity (Wildman–Crippen MR) is 77.7 cm³/mol. The Hall–Kier alpha value is -1.45. The average molecular weight is 350 g/mol. The van der Waals surface area contributed by atoms with Gasteiger partial charge in [0.2, 0.25) is 10.0 Å². The summed E-state index contributed by atoms with van der Waals surface area (Å²) in [5.41, 5.74) is 0.402. The van der Waals surface area contributed by atoms with E-state index in [0.717, 1.165) is 0 Å². The molecule has 2 rings (SSSR count). The number of benzene rings is 1. The molecule has 1 aliphatic heterocycles. The number of hydrogen-bond donors (Lipinski definition) is 0. The standard InChI is InChI=1S/C14H17F3N2O3S/c1-11(20)12-2-4-13(5-3-12)23(21,22)19-8-6-18(7-9-19)10-14(15,16)17/h2-5H,6-10H2,1H3. The van der Waals surface area contributed by atoms with Gasteiger partial charge in [-0.1, -0.05) is 12.1 Å². The maximum Gasteiger partial charge on any atom is 0.401 e. The van der Waals surface area contributed by atoms with Crippen molar-refractivity contribution in [1.29, 1.82) is 0 Å². The molecule has 1 heterocycles. The molecule has 1 fully saturated rings.